The fraction of sp³-hybridized carbons (Fsp3) is 0.154. The van der Waals surface area contributed by atoms with E-state index >= 15 is 0 Å². The fourth-order valence-electron chi connectivity index (χ4n) is 1.99. The van der Waals surface area contributed by atoms with Gasteiger partial charge in [0, 0.05) is 18.0 Å². The summed E-state index contributed by atoms with van der Waals surface area (Å²) in [5.74, 6) is 0. The van der Waals surface area contributed by atoms with Crippen LogP contribution in [0.1, 0.15) is 5.56 Å². The zero-order valence-electron chi connectivity index (χ0n) is 10.8. The SMILES string of the molecule is CSc1ncc(C(F)(F)F)c(-c2cnn3ccccc23)n1. The Morgan fingerprint density at radius 3 is 2.71 bits per heavy atom. The number of fused-ring (bicyclic) bond motifs is 1. The number of pyridine rings is 1. The van der Waals surface area contributed by atoms with Crippen LogP contribution in [0.25, 0.3) is 16.8 Å². The van der Waals surface area contributed by atoms with Crippen LogP contribution in [0.3, 0.4) is 0 Å². The molecule has 0 aliphatic carbocycles. The molecule has 3 rings (SSSR count). The molecule has 0 saturated carbocycles. The zero-order chi connectivity index (χ0) is 15.0. The number of aromatic nitrogens is 4. The third-order valence-corrected chi connectivity index (χ3v) is 3.50. The van der Waals surface area contributed by atoms with Gasteiger partial charge in [0.05, 0.1) is 17.4 Å². The number of halogens is 3. The summed E-state index contributed by atoms with van der Waals surface area (Å²) in [6, 6.07) is 5.19. The van der Waals surface area contributed by atoms with E-state index in [-0.39, 0.29) is 10.9 Å². The first-order chi connectivity index (χ1) is 10.0. The lowest BCUT2D eigenvalue weighted by Gasteiger charge is -2.11. The van der Waals surface area contributed by atoms with Gasteiger partial charge in [0.1, 0.15) is 5.56 Å². The second-order valence-corrected chi connectivity index (χ2v) is 4.98. The van der Waals surface area contributed by atoms with Crippen LogP contribution in [-0.2, 0) is 6.18 Å². The Kier molecular flexibility index (Phi) is 3.32. The Morgan fingerprint density at radius 1 is 1.19 bits per heavy atom. The summed E-state index contributed by atoms with van der Waals surface area (Å²) >= 11 is 1.19. The van der Waals surface area contributed by atoms with E-state index in [1.165, 1.54) is 22.5 Å². The van der Waals surface area contributed by atoms with Crippen molar-refractivity contribution in [2.45, 2.75) is 11.3 Å². The van der Waals surface area contributed by atoms with E-state index in [0.717, 1.165) is 6.20 Å². The largest absolute Gasteiger partial charge is 0.419 e. The Bertz CT molecular complexity index is 797. The molecule has 0 unspecified atom stereocenters. The highest BCUT2D eigenvalue weighted by atomic mass is 32.2. The van der Waals surface area contributed by atoms with Crippen molar-refractivity contribution in [3.8, 4) is 11.3 Å². The highest BCUT2D eigenvalue weighted by molar-refractivity contribution is 7.98. The van der Waals surface area contributed by atoms with Crippen molar-refractivity contribution in [1.82, 2.24) is 19.6 Å². The number of hydrogen-bond donors (Lipinski definition) is 0. The molecule has 4 nitrogen and oxygen atoms in total. The van der Waals surface area contributed by atoms with Gasteiger partial charge < -0.3 is 0 Å². The maximum absolute atomic E-state index is 13.2. The van der Waals surface area contributed by atoms with Crippen molar-refractivity contribution in [2.24, 2.45) is 0 Å². The van der Waals surface area contributed by atoms with Gasteiger partial charge >= 0.3 is 6.18 Å². The lowest BCUT2D eigenvalue weighted by molar-refractivity contribution is -0.137. The Morgan fingerprint density at radius 2 is 2.00 bits per heavy atom. The van der Waals surface area contributed by atoms with Crippen LogP contribution >= 0.6 is 11.8 Å². The number of alkyl halides is 3. The van der Waals surface area contributed by atoms with Crippen LogP contribution in [0.4, 0.5) is 13.2 Å². The molecule has 0 radical (unpaired) electrons. The lowest BCUT2D eigenvalue weighted by Crippen LogP contribution is -2.10. The first kappa shape index (κ1) is 13.9. The van der Waals surface area contributed by atoms with Crippen molar-refractivity contribution in [3.05, 3.63) is 42.4 Å². The first-order valence-corrected chi connectivity index (χ1v) is 7.14. The summed E-state index contributed by atoms with van der Waals surface area (Å²) in [7, 11) is 0. The molecule has 0 bridgehead atoms. The minimum atomic E-state index is -4.52. The third kappa shape index (κ3) is 2.46. The van der Waals surface area contributed by atoms with Gasteiger partial charge in [0.25, 0.3) is 0 Å². The second kappa shape index (κ2) is 5.03. The summed E-state index contributed by atoms with van der Waals surface area (Å²) < 4.78 is 41.0. The lowest BCUT2D eigenvalue weighted by atomic mass is 10.1. The molecule has 108 valence electrons. The van der Waals surface area contributed by atoms with Crippen LogP contribution < -0.4 is 0 Å². The molecule has 0 aromatic carbocycles. The molecule has 0 spiro atoms. The van der Waals surface area contributed by atoms with Gasteiger partial charge in [-0.1, -0.05) is 17.8 Å². The highest BCUT2D eigenvalue weighted by Crippen LogP contribution is 2.37. The smallest absolute Gasteiger partial charge is 0.240 e. The number of thioether (sulfide) groups is 1. The molecule has 0 fully saturated rings. The molecule has 3 heterocycles. The molecule has 0 atom stereocenters. The van der Waals surface area contributed by atoms with E-state index < -0.39 is 11.7 Å². The van der Waals surface area contributed by atoms with Crippen LogP contribution in [0, 0.1) is 0 Å². The predicted molar refractivity (Wildman–Crippen MR) is 73.0 cm³/mol. The van der Waals surface area contributed by atoms with Gasteiger partial charge in [-0.25, -0.2) is 14.5 Å². The van der Waals surface area contributed by atoms with Crippen molar-refractivity contribution in [2.75, 3.05) is 6.26 Å². The minimum Gasteiger partial charge on any atom is -0.240 e. The van der Waals surface area contributed by atoms with Crippen molar-refractivity contribution >= 4 is 17.3 Å². The monoisotopic (exact) mass is 310 g/mol. The maximum Gasteiger partial charge on any atom is 0.419 e. The summed E-state index contributed by atoms with van der Waals surface area (Å²) in [5.41, 5.74) is -0.114. The van der Waals surface area contributed by atoms with E-state index in [4.69, 9.17) is 0 Å². The predicted octanol–water partition coefficient (Wildman–Crippen LogP) is 3.53. The number of rotatable bonds is 2. The standard InChI is InChI=1S/C13H9F3N4S/c1-21-12-17-7-9(13(14,15)16)11(19-12)8-6-18-20-5-3-2-4-10(8)20/h2-7H,1H3. The van der Waals surface area contributed by atoms with Gasteiger partial charge in [-0.2, -0.15) is 18.3 Å². The van der Waals surface area contributed by atoms with E-state index in [1.54, 1.807) is 30.7 Å². The number of nitrogens with zero attached hydrogens (tertiary/aromatic N) is 4. The first-order valence-electron chi connectivity index (χ1n) is 5.91. The molecular formula is C13H9F3N4S. The third-order valence-electron chi connectivity index (χ3n) is 2.94. The molecular weight excluding hydrogens is 301 g/mol. The maximum atomic E-state index is 13.2. The molecule has 0 amide bonds. The van der Waals surface area contributed by atoms with Crippen LogP contribution in [0.15, 0.2) is 41.9 Å². The normalized spacial score (nSPS) is 12.0. The topological polar surface area (TPSA) is 43.1 Å². The van der Waals surface area contributed by atoms with Gasteiger partial charge in [-0.05, 0) is 18.4 Å². The molecule has 0 N–H and O–H groups in total. The van der Waals surface area contributed by atoms with Crippen LogP contribution in [0.2, 0.25) is 0 Å². The average Bonchev–Trinajstić information content (AvgIpc) is 2.89. The molecule has 0 aliphatic rings. The highest BCUT2D eigenvalue weighted by Gasteiger charge is 2.36. The summed E-state index contributed by atoms with van der Waals surface area (Å²) in [6.07, 6.45) is 1.07. The van der Waals surface area contributed by atoms with Crippen molar-refractivity contribution in [3.63, 3.8) is 0 Å². The van der Waals surface area contributed by atoms with Gasteiger partial charge in [-0.3, -0.25) is 0 Å². The molecule has 3 aromatic heterocycles. The Balaban J connectivity index is 2.29. The van der Waals surface area contributed by atoms with Crippen LogP contribution in [-0.4, -0.2) is 25.8 Å². The molecule has 0 aliphatic heterocycles. The van der Waals surface area contributed by atoms with E-state index in [2.05, 4.69) is 15.1 Å². The van der Waals surface area contributed by atoms with Crippen molar-refractivity contribution in [1.29, 1.82) is 0 Å². The van der Waals surface area contributed by atoms with Gasteiger partial charge in [0.2, 0.25) is 0 Å². The van der Waals surface area contributed by atoms with Gasteiger partial charge in [0.15, 0.2) is 5.16 Å². The minimum absolute atomic E-state index is 0.150. The second-order valence-electron chi connectivity index (χ2n) is 4.21. The Hall–Kier alpha value is -2.09. The summed E-state index contributed by atoms with van der Waals surface area (Å²) in [5, 5.41) is 4.34. The summed E-state index contributed by atoms with van der Waals surface area (Å²) in [4.78, 5) is 7.75. The van der Waals surface area contributed by atoms with Crippen molar-refractivity contribution < 1.29 is 13.2 Å². The molecule has 21 heavy (non-hydrogen) atoms. The zero-order valence-corrected chi connectivity index (χ0v) is 11.6. The summed E-state index contributed by atoms with van der Waals surface area (Å²) in [6.45, 7) is 0. The van der Waals surface area contributed by atoms with E-state index in [0.29, 0.717) is 11.1 Å². The quantitative estimate of drug-likeness (QED) is 0.536. The Labute approximate surface area is 122 Å². The molecule has 8 heteroatoms. The molecule has 0 saturated heterocycles. The molecule has 3 aromatic rings. The number of hydrogen-bond acceptors (Lipinski definition) is 4. The fourth-order valence-corrected chi connectivity index (χ4v) is 2.33. The average molecular weight is 310 g/mol. The van der Waals surface area contributed by atoms with E-state index in [1.807, 2.05) is 0 Å². The van der Waals surface area contributed by atoms with E-state index in [9.17, 15) is 13.2 Å². The van der Waals surface area contributed by atoms with Crippen LogP contribution in [0.5, 0.6) is 0 Å². The van der Waals surface area contributed by atoms with Gasteiger partial charge in [-0.15, -0.1) is 0 Å².